The predicted octanol–water partition coefficient (Wildman–Crippen LogP) is 4.59. The monoisotopic (exact) mass is 923 g/mol. The number of carbonyl (C=O) groups excluding carboxylic acids is 2. The quantitative estimate of drug-likeness (QED) is 0.113. The van der Waals surface area contributed by atoms with Crippen molar-refractivity contribution >= 4 is 11.8 Å². The molecule has 4 N–H and O–H groups in total. The first-order chi connectivity index (χ1) is 30.5. The highest BCUT2D eigenvalue weighted by Gasteiger charge is 2.81. The van der Waals surface area contributed by atoms with E-state index in [4.69, 9.17) is 47.4 Å². The number of aliphatic hydroxyl groups excluding tert-OH is 1. The summed E-state index contributed by atoms with van der Waals surface area (Å²) < 4.78 is 62.1. The van der Waals surface area contributed by atoms with Crippen LogP contribution in [0.2, 0.25) is 0 Å². The fraction of sp³-hybridized carbons (Fsp3) is 0.878. The van der Waals surface area contributed by atoms with Crippen LogP contribution in [0.5, 0.6) is 0 Å². The molecule has 16 heteroatoms. The first-order valence-corrected chi connectivity index (χ1v) is 24.0. The SMILES string of the molecule is CO[C@H]1C[C@H](O[C@H]2CC[C@@]3(C)C(=CC[C@]4(O)C3C[C@@H](OC(=O)/C=C(\C)C(C)C)[C@@]3(C)[C@]4(O)CC[C@@]3(O)C(C)=O)C2)O[C@H](C)[C@H]1O[C@H]1C[C@H](OC)[C@H](O[C@H]2C[C@@H](OC)[C@H](O)[C@@H](C)O2)[C@@H](C)O1. The van der Waals surface area contributed by atoms with Crippen LogP contribution in [-0.4, -0.2) is 156 Å². The van der Waals surface area contributed by atoms with Crippen molar-refractivity contribution in [2.45, 2.75) is 229 Å². The number of aliphatic hydroxyl groups is 4. The Balaban J connectivity index is 1.01. The minimum atomic E-state index is -2.02. The van der Waals surface area contributed by atoms with Gasteiger partial charge in [0.05, 0.1) is 48.1 Å². The lowest BCUT2D eigenvalue weighted by atomic mass is 9.42. The molecule has 0 aromatic heterocycles. The Kier molecular flexibility index (Phi) is 15.0. The molecule has 0 spiro atoms. The van der Waals surface area contributed by atoms with Gasteiger partial charge in [0.25, 0.3) is 0 Å². The Hall–Kier alpha value is -1.90. The second-order valence-electron chi connectivity index (χ2n) is 21.0. The van der Waals surface area contributed by atoms with Gasteiger partial charge < -0.3 is 67.8 Å². The summed E-state index contributed by atoms with van der Waals surface area (Å²) in [5.41, 5.74) is -6.04. The third kappa shape index (κ3) is 8.75. The standard InChI is InChI=1S/C49H78O16/c1-25(2)26(3)19-38(51)63-37-24-36-45(8)15-14-32(20-31(45)13-16-48(36,54)49(55)18-17-47(53,30(7)50)46(37,49)9)62-39-22-34(57-11)43(28(5)60-39)65-41-23-35(58-12)44(29(6)61-41)64-40-21-33(56-10)42(52)27(4)59-40/h13,19,25,27-29,32-37,39-44,52-55H,14-18,20-24H2,1-12H3/b26-19+/t27-,28-,29-,32+,33-,34+,35+,36?,37-,39+,40+,41+,42-,43-,44-,45+,46-,47-,48+,49-/m1/s1. The predicted molar refractivity (Wildman–Crippen MR) is 234 cm³/mol. The van der Waals surface area contributed by atoms with Gasteiger partial charge in [0.1, 0.15) is 41.2 Å². The number of hydrogen-bond donors (Lipinski definition) is 4. The number of fused-ring (bicyclic) bond motifs is 5. The van der Waals surface area contributed by atoms with E-state index in [1.54, 1.807) is 35.2 Å². The number of ketones is 1. The van der Waals surface area contributed by atoms with Crippen LogP contribution in [0.25, 0.3) is 0 Å². The Morgan fingerprint density at radius 2 is 1.31 bits per heavy atom. The zero-order chi connectivity index (χ0) is 47.6. The second-order valence-corrected chi connectivity index (χ2v) is 21.0. The summed E-state index contributed by atoms with van der Waals surface area (Å²) in [6.45, 7) is 16.4. The average Bonchev–Trinajstić information content (AvgIpc) is 3.48. The Morgan fingerprint density at radius 3 is 1.85 bits per heavy atom. The number of esters is 1. The summed E-state index contributed by atoms with van der Waals surface area (Å²) >= 11 is 0. The first kappa shape index (κ1) is 51.0. The van der Waals surface area contributed by atoms with E-state index in [9.17, 15) is 30.0 Å². The van der Waals surface area contributed by atoms with Crippen LogP contribution in [0.1, 0.15) is 127 Å². The van der Waals surface area contributed by atoms with Gasteiger partial charge in [-0.15, -0.1) is 0 Å². The molecular formula is C49H78O16. The van der Waals surface area contributed by atoms with Gasteiger partial charge in [-0.2, -0.15) is 0 Å². The van der Waals surface area contributed by atoms with E-state index in [1.165, 1.54) is 13.0 Å². The topological polar surface area (TPSA) is 207 Å². The molecule has 3 heterocycles. The maximum Gasteiger partial charge on any atom is 0.330 e. The second kappa shape index (κ2) is 19.1. The van der Waals surface area contributed by atoms with E-state index in [2.05, 4.69) is 6.92 Å². The molecule has 65 heavy (non-hydrogen) atoms. The molecule has 370 valence electrons. The van der Waals surface area contributed by atoms with E-state index in [1.807, 2.05) is 40.7 Å². The molecule has 7 rings (SSSR count). The minimum absolute atomic E-state index is 0.0276. The normalized spacial score (nSPS) is 49.1. The van der Waals surface area contributed by atoms with Gasteiger partial charge >= 0.3 is 5.97 Å². The molecule has 0 radical (unpaired) electrons. The molecular weight excluding hydrogens is 845 g/mol. The number of methoxy groups -OCH3 is 3. The number of rotatable bonds is 13. The van der Waals surface area contributed by atoms with Crippen LogP contribution >= 0.6 is 0 Å². The molecule has 0 amide bonds. The fourth-order valence-corrected chi connectivity index (χ4v) is 12.9. The lowest BCUT2D eigenvalue weighted by Gasteiger charge is -2.67. The van der Waals surface area contributed by atoms with Crippen LogP contribution in [0, 0.1) is 22.7 Å². The Labute approximate surface area is 384 Å². The van der Waals surface area contributed by atoms with Gasteiger partial charge in [-0.05, 0) is 97.8 Å². The molecule has 3 aliphatic heterocycles. The molecule has 0 aromatic carbocycles. The van der Waals surface area contributed by atoms with Gasteiger partial charge in [-0.3, -0.25) is 4.79 Å². The van der Waals surface area contributed by atoms with E-state index >= 15 is 0 Å². The summed E-state index contributed by atoms with van der Waals surface area (Å²) in [7, 11) is 4.84. The van der Waals surface area contributed by atoms with Gasteiger partial charge in [0.15, 0.2) is 24.7 Å². The maximum absolute atomic E-state index is 13.5. The molecule has 0 bridgehead atoms. The first-order valence-electron chi connectivity index (χ1n) is 24.0. The van der Waals surface area contributed by atoms with Crippen molar-refractivity contribution in [2.24, 2.45) is 22.7 Å². The van der Waals surface area contributed by atoms with Gasteiger partial charge in [-0.25, -0.2) is 4.79 Å². The van der Waals surface area contributed by atoms with E-state index in [-0.39, 0.29) is 49.9 Å². The third-order valence-corrected chi connectivity index (χ3v) is 17.4. The minimum Gasteiger partial charge on any atom is -0.458 e. The molecule has 20 atom stereocenters. The van der Waals surface area contributed by atoms with Crippen LogP contribution in [0.4, 0.5) is 0 Å². The molecule has 3 saturated carbocycles. The summed E-state index contributed by atoms with van der Waals surface area (Å²) in [6.07, 6.45) is -0.620. The zero-order valence-electron chi connectivity index (χ0n) is 40.7. The Morgan fingerprint density at radius 1 is 0.769 bits per heavy atom. The molecule has 16 nitrogen and oxygen atoms in total. The van der Waals surface area contributed by atoms with Crippen molar-refractivity contribution in [2.75, 3.05) is 21.3 Å². The van der Waals surface area contributed by atoms with Crippen LogP contribution in [0.3, 0.4) is 0 Å². The van der Waals surface area contributed by atoms with Crippen LogP contribution in [0.15, 0.2) is 23.3 Å². The van der Waals surface area contributed by atoms with Crippen molar-refractivity contribution in [3.8, 4) is 0 Å². The highest BCUT2D eigenvalue weighted by Crippen LogP contribution is 2.71. The summed E-state index contributed by atoms with van der Waals surface area (Å²) in [5, 5.41) is 48.3. The van der Waals surface area contributed by atoms with Crippen molar-refractivity contribution in [3.05, 3.63) is 23.3 Å². The molecule has 1 unspecified atom stereocenters. The largest absolute Gasteiger partial charge is 0.458 e. The number of hydrogen-bond acceptors (Lipinski definition) is 16. The molecule has 3 saturated heterocycles. The van der Waals surface area contributed by atoms with Crippen molar-refractivity contribution < 1.29 is 77.4 Å². The van der Waals surface area contributed by atoms with E-state index < -0.39 is 113 Å². The van der Waals surface area contributed by atoms with Crippen molar-refractivity contribution in [1.82, 2.24) is 0 Å². The summed E-state index contributed by atoms with van der Waals surface area (Å²) in [6, 6.07) is 0. The van der Waals surface area contributed by atoms with Gasteiger partial charge in [0, 0.05) is 52.6 Å². The van der Waals surface area contributed by atoms with Crippen molar-refractivity contribution in [1.29, 1.82) is 0 Å². The lowest BCUT2D eigenvalue weighted by Crippen LogP contribution is -2.78. The summed E-state index contributed by atoms with van der Waals surface area (Å²) in [5.74, 6) is -1.59. The highest BCUT2D eigenvalue weighted by molar-refractivity contribution is 5.87. The lowest BCUT2D eigenvalue weighted by molar-refractivity contribution is -0.338. The molecule has 6 fully saturated rings. The number of allylic oxidation sites excluding steroid dienone is 1. The average molecular weight is 923 g/mol. The van der Waals surface area contributed by atoms with Gasteiger partial charge in [-0.1, -0.05) is 38.0 Å². The molecule has 0 aromatic rings. The third-order valence-electron chi connectivity index (χ3n) is 17.4. The highest BCUT2D eigenvalue weighted by atomic mass is 16.7. The fourth-order valence-electron chi connectivity index (χ4n) is 12.9. The number of carbonyl (C=O) groups is 2. The van der Waals surface area contributed by atoms with Crippen molar-refractivity contribution in [3.63, 3.8) is 0 Å². The zero-order valence-corrected chi connectivity index (χ0v) is 40.7. The van der Waals surface area contributed by atoms with Crippen LogP contribution < -0.4 is 0 Å². The van der Waals surface area contributed by atoms with E-state index in [0.717, 1.165) is 11.1 Å². The number of Topliss-reactive ketones (excluding diaryl/α,β-unsaturated/α-hetero) is 1. The smallest absolute Gasteiger partial charge is 0.330 e. The number of ether oxygens (including phenoxy) is 10. The summed E-state index contributed by atoms with van der Waals surface area (Å²) in [4.78, 5) is 26.8. The maximum atomic E-state index is 13.5. The molecule has 4 aliphatic carbocycles. The Bertz CT molecular complexity index is 1790. The molecule has 7 aliphatic rings. The van der Waals surface area contributed by atoms with E-state index in [0.29, 0.717) is 38.5 Å². The van der Waals surface area contributed by atoms with Gasteiger partial charge in [0.2, 0.25) is 0 Å². The van der Waals surface area contributed by atoms with Crippen LogP contribution in [-0.2, 0) is 57.0 Å².